The van der Waals surface area contributed by atoms with Crippen molar-refractivity contribution in [2.45, 2.75) is 19.9 Å². The highest BCUT2D eigenvalue weighted by Crippen LogP contribution is 2.24. The third-order valence-electron chi connectivity index (χ3n) is 4.89. The number of hydrogen-bond acceptors (Lipinski definition) is 6. The zero-order valence-electron chi connectivity index (χ0n) is 16.2. The smallest absolute Gasteiger partial charge is 0.234 e. The van der Waals surface area contributed by atoms with Crippen molar-refractivity contribution in [1.29, 1.82) is 0 Å². The van der Waals surface area contributed by atoms with Crippen LogP contribution in [0.15, 0.2) is 35.8 Å². The van der Waals surface area contributed by atoms with Crippen LogP contribution in [0.4, 0.5) is 5.13 Å². The van der Waals surface area contributed by atoms with Crippen LogP contribution in [-0.4, -0.2) is 55.6 Å². The molecule has 1 aliphatic heterocycles. The fourth-order valence-electron chi connectivity index (χ4n) is 3.34. The number of methoxy groups -OCH3 is 1. The largest absolute Gasteiger partial charge is 0.497 e. The lowest BCUT2D eigenvalue weighted by Crippen LogP contribution is -2.50. The van der Waals surface area contributed by atoms with Crippen molar-refractivity contribution in [1.82, 2.24) is 15.2 Å². The van der Waals surface area contributed by atoms with Gasteiger partial charge in [0.05, 0.1) is 19.7 Å². The van der Waals surface area contributed by atoms with Crippen molar-refractivity contribution in [3.05, 3.63) is 41.4 Å². The Morgan fingerprint density at radius 2 is 1.93 bits per heavy atom. The summed E-state index contributed by atoms with van der Waals surface area (Å²) < 4.78 is 5.22. The molecule has 2 aromatic rings. The summed E-state index contributed by atoms with van der Waals surface area (Å²) in [4.78, 5) is 21.5. The third kappa shape index (κ3) is 5.20. The maximum atomic E-state index is 12.6. The van der Waals surface area contributed by atoms with Crippen LogP contribution >= 0.6 is 11.3 Å². The first-order chi connectivity index (χ1) is 13.1. The number of carbonyl (C=O) groups excluding carboxylic acids is 1. The summed E-state index contributed by atoms with van der Waals surface area (Å²) in [6.07, 6.45) is 1.84. The fourth-order valence-corrected chi connectivity index (χ4v) is 4.03. The second-order valence-electron chi connectivity index (χ2n) is 7.14. The molecule has 6 nitrogen and oxygen atoms in total. The molecule has 1 aliphatic rings. The molecule has 0 saturated carbocycles. The number of thiazole rings is 1. The molecule has 2 heterocycles. The van der Waals surface area contributed by atoms with Crippen LogP contribution in [0.25, 0.3) is 0 Å². The summed E-state index contributed by atoms with van der Waals surface area (Å²) in [5.41, 5.74) is 1.10. The van der Waals surface area contributed by atoms with E-state index in [0.29, 0.717) is 12.5 Å². The number of carbonyl (C=O) groups is 1. The van der Waals surface area contributed by atoms with Crippen molar-refractivity contribution in [3.63, 3.8) is 0 Å². The molecule has 1 N–H and O–H groups in total. The molecule has 3 rings (SSSR count). The molecule has 1 atom stereocenters. The van der Waals surface area contributed by atoms with Crippen molar-refractivity contribution in [2.75, 3.05) is 44.7 Å². The van der Waals surface area contributed by atoms with E-state index in [1.807, 2.05) is 35.8 Å². The Morgan fingerprint density at radius 3 is 2.48 bits per heavy atom. The van der Waals surface area contributed by atoms with Gasteiger partial charge in [0.2, 0.25) is 5.91 Å². The predicted molar refractivity (Wildman–Crippen MR) is 109 cm³/mol. The Hall–Kier alpha value is -2.12. The summed E-state index contributed by atoms with van der Waals surface area (Å²) in [7, 11) is 1.66. The number of nitrogens with one attached hydrogen (secondary N) is 1. The topological polar surface area (TPSA) is 57.7 Å². The predicted octanol–water partition coefficient (Wildman–Crippen LogP) is 2.79. The van der Waals surface area contributed by atoms with Gasteiger partial charge in [-0.2, -0.15) is 0 Å². The third-order valence-corrected chi connectivity index (χ3v) is 5.72. The summed E-state index contributed by atoms with van der Waals surface area (Å²) >= 11 is 1.66. The first-order valence-corrected chi connectivity index (χ1v) is 10.2. The summed E-state index contributed by atoms with van der Waals surface area (Å²) in [5.74, 6) is 1.21. The number of benzene rings is 1. The number of nitrogens with zero attached hydrogens (tertiary/aromatic N) is 3. The average molecular weight is 389 g/mol. The molecular formula is C20H28N4O2S. The normalized spacial score (nSPS) is 16.4. The zero-order chi connectivity index (χ0) is 19.2. The molecule has 146 valence electrons. The van der Waals surface area contributed by atoms with E-state index in [2.05, 4.69) is 33.9 Å². The van der Waals surface area contributed by atoms with E-state index in [4.69, 9.17) is 4.74 Å². The van der Waals surface area contributed by atoms with E-state index in [9.17, 15) is 4.79 Å². The maximum Gasteiger partial charge on any atom is 0.234 e. The first kappa shape index (κ1) is 19.6. The Bertz CT molecular complexity index is 710. The second-order valence-corrected chi connectivity index (χ2v) is 8.01. The van der Waals surface area contributed by atoms with Crippen molar-refractivity contribution >= 4 is 22.4 Å². The van der Waals surface area contributed by atoms with Gasteiger partial charge in [-0.3, -0.25) is 9.69 Å². The monoisotopic (exact) mass is 388 g/mol. The maximum absolute atomic E-state index is 12.6. The van der Waals surface area contributed by atoms with E-state index in [1.165, 1.54) is 0 Å². The standard InChI is InChI=1S/C20H28N4O2S/c1-15(2)19(16-4-6-17(26-3)7-5-16)22-18(25)14-23-9-11-24(12-10-23)20-21-8-13-27-20/h4-8,13,15,19H,9-12,14H2,1-3H3,(H,22,25). The molecule has 0 radical (unpaired) electrons. The molecule has 1 unspecified atom stereocenters. The van der Waals surface area contributed by atoms with E-state index >= 15 is 0 Å². The molecule has 1 saturated heterocycles. The lowest BCUT2D eigenvalue weighted by Gasteiger charge is -2.34. The molecule has 1 aromatic heterocycles. The fraction of sp³-hybridized carbons (Fsp3) is 0.500. The molecule has 1 amide bonds. The molecule has 0 spiro atoms. The van der Waals surface area contributed by atoms with Gasteiger partial charge in [-0.05, 0) is 23.6 Å². The Kier molecular flexibility index (Phi) is 6.68. The van der Waals surface area contributed by atoms with E-state index < -0.39 is 0 Å². The highest BCUT2D eigenvalue weighted by Gasteiger charge is 2.23. The van der Waals surface area contributed by atoms with Crippen molar-refractivity contribution in [2.24, 2.45) is 5.92 Å². The molecular weight excluding hydrogens is 360 g/mol. The number of anilines is 1. The number of amides is 1. The Balaban J connectivity index is 1.52. The van der Waals surface area contributed by atoms with Gasteiger partial charge < -0.3 is 15.0 Å². The molecule has 0 bridgehead atoms. The van der Waals surface area contributed by atoms with Crippen LogP contribution in [-0.2, 0) is 4.79 Å². The SMILES string of the molecule is COc1ccc(C(NC(=O)CN2CCN(c3nccs3)CC2)C(C)C)cc1. The molecule has 7 heteroatoms. The van der Waals surface area contributed by atoms with Gasteiger partial charge >= 0.3 is 0 Å². The van der Waals surface area contributed by atoms with Crippen LogP contribution in [0.2, 0.25) is 0 Å². The van der Waals surface area contributed by atoms with Gasteiger partial charge in [0.25, 0.3) is 0 Å². The lowest BCUT2D eigenvalue weighted by atomic mass is 9.96. The van der Waals surface area contributed by atoms with Gasteiger partial charge in [-0.15, -0.1) is 11.3 Å². The summed E-state index contributed by atoms with van der Waals surface area (Å²) in [6, 6.07) is 7.93. The summed E-state index contributed by atoms with van der Waals surface area (Å²) in [6.45, 7) is 8.26. The number of piperazine rings is 1. The van der Waals surface area contributed by atoms with E-state index in [0.717, 1.165) is 42.6 Å². The van der Waals surface area contributed by atoms with Gasteiger partial charge in [-0.25, -0.2) is 4.98 Å². The molecule has 0 aliphatic carbocycles. The van der Waals surface area contributed by atoms with Crippen LogP contribution in [0, 0.1) is 5.92 Å². The van der Waals surface area contributed by atoms with E-state index in [-0.39, 0.29) is 11.9 Å². The van der Waals surface area contributed by atoms with Crippen LogP contribution in [0.3, 0.4) is 0 Å². The minimum absolute atomic E-state index is 0.0000129. The van der Waals surface area contributed by atoms with Gasteiger partial charge in [0.15, 0.2) is 5.13 Å². The van der Waals surface area contributed by atoms with E-state index in [1.54, 1.807) is 18.4 Å². The second kappa shape index (κ2) is 9.19. The first-order valence-electron chi connectivity index (χ1n) is 9.37. The highest BCUT2D eigenvalue weighted by molar-refractivity contribution is 7.13. The lowest BCUT2D eigenvalue weighted by molar-refractivity contribution is -0.123. The summed E-state index contributed by atoms with van der Waals surface area (Å²) in [5, 5.41) is 6.28. The van der Waals surface area contributed by atoms with Crippen LogP contribution in [0.1, 0.15) is 25.5 Å². The zero-order valence-corrected chi connectivity index (χ0v) is 17.0. The number of aromatic nitrogens is 1. The number of ether oxygens (including phenoxy) is 1. The van der Waals surface area contributed by atoms with Crippen molar-refractivity contribution < 1.29 is 9.53 Å². The van der Waals surface area contributed by atoms with Gasteiger partial charge in [0.1, 0.15) is 5.75 Å². The van der Waals surface area contributed by atoms with Crippen molar-refractivity contribution in [3.8, 4) is 5.75 Å². The van der Waals surface area contributed by atoms with Crippen LogP contribution in [0.5, 0.6) is 5.75 Å². The molecule has 27 heavy (non-hydrogen) atoms. The average Bonchev–Trinajstić information content (AvgIpc) is 3.21. The van der Waals surface area contributed by atoms with Gasteiger partial charge in [-0.1, -0.05) is 26.0 Å². The quantitative estimate of drug-likeness (QED) is 0.790. The minimum Gasteiger partial charge on any atom is -0.497 e. The highest BCUT2D eigenvalue weighted by atomic mass is 32.1. The number of hydrogen-bond donors (Lipinski definition) is 1. The molecule has 1 fully saturated rings. The minimum atomic E-state index is 0.0000129. The Morgan fingerprint density at radius 1 is 1.22 bits per heavy atom. The van der Waals surface area contributed by atoms with Crippen LogP contribution < -0.4 is 15.0 Å². The number of rotatable bonds is 7. The Labute approximate surface area is 165 Å². The van der Waals surface area contributed by atoms with Gasteiger partial charge in [0, 0.05) is 37.8 Å². The molecule has 1 aromatic carbocycles.